The van der Waals surface area contributed by atoms with Crippen molar-refractivity contribution in [2.75, 3.05) is 7.11 Å². The molecule has 0 bridgehead atoms. The van der Waals surface area contributed by atoms with Gasteiger partial charge in [0.15, 0.2) is 0 Å². The average Bonchev–Trinajstić information content (AvgIpc) is 2.17. The van der Waals surface area contributed by atoms with Gasteiger partial charge in [0.25, 0.3) is 0 Å². The number of aromatic nitrogens is 1. The van der Waals surface area contributed by atoms with E-state index in [2.05, 4.69) is 9.72 Å². The van der Waals surface area contributed by atoms with Crippen LogP contribution in [0.3, 0.4) is 0 Å². The highest BCUT2D eigenvalue weighted by molar-refractivity contribution is 5.86. The van der Waals surface area contributed by atoms with E-state index in [1.165, 1.54) is 7.11 Å². The lowest BCUT2D eigenvalue weighted by Crippen LogP contribution is -2.08. The van der Waals surface area contributed by atoms with E-state index in [0.717, 1.165) is 5.56 Å². The number of nitrogens with two attached hydrogens (primary N) is 1. The van der Waals surface area contributed by atoms with E-state index in [1.54, 1.807) is 18.3 Å². The number of carbonyl (C=O) groups is 1. The molecule has 1 heterocycles. The molecule has 0 aliphatic rings. The summed E-state index contributed by atoms with van der Waals surface area (Å²) in [6.07, 6.45) is 1.58. The Balaban J connectivity index is 2.87. The zero-order chi connectivity index (χ0) is 9.84. The van der Waals surface area contributed by atoms with E-state index < -0.39 is 5.97 Å². The van der Waals surface area contributed by atoms with Crippen LogP contribution in [0.2, 0.25) is 0 Å². The monoisotopic (exact) mass is 180 g/mol. The van der Waals surface area contributed by atoms with Crippen molar-refractivity contribution < 1.29 is 9.53 Å². The summed E-state index contributed by atoms with van der Waals surface area (Å²) in [7, 11) is 1.32. The van der Waals surface area contributed by atoms with Crippen LogP contribution in [0.5, 0.6) is 0 Å². The van der Waals surface area contributed by atoms with Crippen LogP contribution in [0.25, 0.3) is 0 Å². The Kier molecular flexibility index (Phi) is 2.97. The standard InChI is InChI=1S/C9H12N2O2/c1-6(10)7-3-4-8(11-5-7)9(12)13-2/h3-6H,10H2,1-2H3/t6-/m0/s1. The predicted octanol–water partition coefficient (Wildman–Crippen LogP) is 0.888. The maximum absolute atomic E-state index is 11.0. The Labute approximate surface area is 76.7 Å². The number of pyridine rings is 1. The van der Waals surface area contributed by atoms with Crippen LogP contribution in [0, 0.1) is 0 Å². The van der Waals surface area contributed by atoms with Crippen LogP contribution in [-0.2, 0) is 4.74 Å². The number of ether oxygens (including phenoxy) is 1. The van der Waals surface area contributed by atoms with Crippen molar-refractivity contribution in [1.82, 2.24) is 4.98 Å². The Bertz CT molecular complexity index is 293. The molecule has 0 aliphatic heterocycles. The Morgan fingerprint density at radius 1 is 1.62 bits per heavy atom. The van der Waals surface area contributed by atoms with E-state index in [-0.39, 0.29) is 6.04 Å². The smallest absolute Gasteiger partial charge is 0.356 e. The summed E-state index contributed by atoms with van der Waals surface area (Å²) >= 11 is 0. The maximum Gasteiger partial charge on any atom is 0.356 e. The number of hydrogen-bond donors (Lipinski definition) is 1. The average molecular weight is 180 g/mol. The fraction of sp³-hybridized carbons (Fsp3) is 0.333. The normalized spacial score (nSPS) is 12.2. The molecule has 4 nitrogen and oxygen atoms in total. The fourth-order valence-corrected chi connectivity index (χ4v) is 0.900. The van der Waals surface area contributed by atoms with Crippen LogP contribution >= 0.6 is 0 Å². The van der Waals surface area contributed by atoms with Gasteiger partial charge in [-0.25, -0.2) is 9.78 Å². The quantitative estimate of drug-likeness (QED) is 0.686. The molecule has 0 spiro atoms. The summed E-state index contributed by atoms with van der Waals surface area (Å²) < 4.78 is 4.50. The number of carbonyl (C=O) groups excluding carboxylic acids is 1. The zero-order valence-corrected chi connectivity index (χ0v) is 7.65. The molecule has 0 aromatic carbocycles. The number of nitrogens with zero attached hydrogens (tertiary/aromatic N) is 1. The van der Waals surface area contributed by atoms with Gasteiger partial charge in [0.05, 0.1) is 7.11 Å². The number of hydrogen-bond acceptors (Lipinski definition) is 4. The molecule has 1 aromatic heterocycles. The van der Waals surface area contributed by atoms with Gasteiger partial charge in [-0.3, -0.25) is 0 Å². The van der Waals surface area contributed by atoms with Crippen molar-refractivity contribution in [3.8, 4) is 0 Å². The van der Waals surface area contributed by atoms with E-state index in [9.17, 15) is 4.79 Å². The van der Waals surface area contributed by atoms with E-state index in [0.29, 0.717) is 5.69 Å². The summed E-state index contributed by atoms with van der Waals surface area (Å²) in [4.78, 5) is 14.9. The predicted molar refractivity (Wildman–Crippen MR) is 48.2 cm³/mol. The number of rotatable bonds is 2. The van der Waals surface area contributed by atoms with Gasteiger partial charge >= 0.3 is 5.97 Å². The van der Waals surface area contributed by atoms with Gasteiger partial charge in [0.1, 0.15) is 5.69 Å². The lowest BCUT2D eigenvalue weighted by Gasteiger charge is -2.04. The first-order chi connectivity index (χ1) is 6.15. The zero-order valence-electron chi connectivity index (χ0n) is 7.65. The van der Waals surface area contributed by atoms with Crippen molar-refractivity contribution in [3.05, 3.63) is 29.6 Å². The topological polar surface area (TPSA) is 65.2 Å². The Hall–Kier alpha value is -1.42. The highest BCUT2D eigenvalue weighted by atomic mass is 16.5. The first-order valence-corrected chi connectivity index (χ1v) is 3.95. The van der Waals surface area contributed by atoms with Gasteiger partial charge in [0, 0.05) is 12.2 Å². The van der Waals surface area contributed by atoms with Gasteiger partial charge in [-0.05, 0) is 18.6 Å². The Morgan fingerprint density at radius 3 is 2.69 bits per heavy atom. The van der Waals surface area contributed by atoms with E-state index >= 15 is 0 Å². The molecular formula is C9H12N2O2. The fourth-order valence-electron chi connectivity index (χ4n) is 0.900. The van der Waals surface area contributed by atoms with E-state index in [4.69, 9.17) is 5.73 Å². The molecule has 0 amide bonds. The lowest BCUT2D eigenvalue weighted by atomic mass is 10.1. The molecule has 0 saturated heterocycles. The summed E-state index contributed by atoms with van der Waals surface area (Å²) in [5.74, 6) is -0.434. The van der Waals surface area contributed by atoms with Gasteiger partial charge in [0.2, 0.25) is 0 Å². The molecule has 0 saturated carbocycles. The molecule has 0 aliphatic carbocycles. The Morgan fingerprint density at radius 2 is 2.31 bits per heavy atom. The second kappa shape index (κ2) is 4.00. The van der Waals surface area contributed by atoms with Crippen molar-refractivity contribution in [2.45, 2.75) is 13.0 Å². The molecule has 2 N–H and O–H groups in total. The summed E-state index contributed by atoms with van der Waals surface area (Å²) in [6, 6.07) is 3.30. The highest BCUT2D eigenvalue weighted by Gasteiger charge is 2.06. The molecule has 1 atom stereocenters. The molecule has 1 rings (SSSR count). The third-order valence-corrected chi connectivity index (χ3v) is 1.71. The van der Waals surface area contributed by atoms with Crippen LogP contribution in [-0.4, -0.2) is 18.1 Å². The maximum atomic E-state index is 11.0. The first kappa shape index (κ1) is 9.67. The third kappa shape index (κ3) is 2.26. The molecular weight excluding hydrogens is 168 g/mol. The van der Waals surface area contributed by atoms with Gasteiger partial charge < -0.3 is 10.5 Å². The molecule has 0 unspecified atom stereocenters. The molecule has 1 aromatic rings. The van der Waals surface area contributed by atoms with Crippen molar-refractivity contribution >= 4 is 5.97 Å². The SMILES string of the molecule is COC(=O)c1ccc([C@H](C)N)cn1. The third-order valence-electron chi connectivity index (χ3n) is 1.71. The van der Waals surface area contributed by atoms with Crippen LogP contribution in [0.1, 0.15) is 29.0 Å². The highest BCUT2D eigenvalue weighted by Crippen LogP contribution is 2.08. The minimum absolute atomic E-state index is 0.0702. The number of esters is 1. The number of methoxy groups -OCH3 is 1. The molecule has 70 valence electrons. The summed E-state index contributed by atoms with van der Waals surface area (Å²) in [5, 5.41) is 0. The minimum atomic E-state index is -0.434. The van der Waals surface area contributed by atoms with Crippen molar-refractivity contribution in [2.24, 2.45) is 5.73 Å². The van der Waals surface area contributed by atoms with Crippen LogP contribution in [0.4, 0.5) is 0 Å². The second-order valence-corrected chi connectivity index (χ2v) is 2.76. The van der Waals surface area contributed by atoms with Gasteiger partial charge in [-0.2, -0.15) is 0 Å². The first-order valence-electron chi connectivity index (χ1n) is 3.95. The molecule has 4 heteroatoms. The minimum Gasteiger partial charge on any atom is -0.464 e. The lowest BCUT2D eigenvalue weighted by molar-refractivity contribution is 0.0594. The largest absolute Gasteiger partial charge is 0.464 e. The van der Waals surface area contributed by atoms with Crippen LogP contribution < -0.4 is 5.73 Å². The van der Waals surface area contributed by atoms with Crippen LogP contribution in [0.15, 0.2) is 18.3 Å². The molecule has 0 radical (unpaired) electrons. The molecule has 0 fully saturated rings. The summed E-state index contributed by atoms with van der Waals surface area (Å²) in [6.45, 7) is 1.86. The molecule has 13 heavy (non-hydrogen) atoms. The van der Waals surface area contributed by atoms with Crippen molar-refractivity contribution in [3.63, 3.8) is 0 Å². The second-order valence-electron chi connectivity index (χ2n) is 2.76. The van der Waals surface area contributed by atoms with Gasteiger partial charge in [-0.1, -0.05) is 6.07 Å². The van der Waals surface area contributed by atoms with Crippen molar-refractivity contribution in [1.29, 1.82) is 0 Å². The van der Waals surface area contributed by atoms with Gasteiger partial charge in [-0.15, -0.1) is 0 Å². The van der Waals surface area contributed by atoms with E-state index in [1.807, 2.05) is 6.92 Å². The summed E-state index contributed by atoms with van der Waals surface area (Å²) in [5.41, 5.74) is 6.81.